The predicted octanol–water partition coefficient (Wildman–Crippen LogP) is 4.34. The molecule has 0 radical (unpaired) electrons. The number of nitrogens with one attached hydrogen (secondary N) is 1. The van der Waals surface area contributed by atoms with Crippen LogP contribution in [0.2, 0.25) is 5.02 Å². The highest BCUT2D eigenvalue weighted by atomic mass is 79.9. The van der Waals surface area contributed by atoms with E-state index in [1.54, 1.807) is 19.1 Å². The van der Waals surface area contributed by atoms with Crippen molar-refractivity contribution in [2.45, 2.75) is 39.3 Å². The summed E-state index contributed by atoms with van der Waals surface area (Å²) < 4.78 is 40.3. The monoisotopic (exact) mass is 575 g/mol. The van der Waals surface area contributed by atoms with Gasteiger partial charge < -0.3 is 10.2 Å². The number of hydrogen-bond donors (Lipinski definition) is 1. The van der Waals surface area contributed by atoms with Crippen LogP contribution in [-0.2, 0) is 26.2 Å². The van der Waals surface area contributed by atoms with E-state index < -0.39 is 34.3 Å². The van der Waals surface area contributed by atoms with Gasteiger partial charge in [-0.3, -0.25) is 13.9 Å². The van der Waals surface area contributed by atoms with E-state index in [9.17, 15) is 22.4 Å². The minimum absolute atomic E-state index is 0.0460. The highest BCUT2D eigenvalue weighted by molar-refractivity contribution is 9.10. The highest BCUT2D eigenvalue weighted by Crippen LogP contribution is 2.25. The maximum Gasteiger partial charge on any atom is 0.244 e. The van der Waals surface area contributed by atoms with Crippen LogP contribution in [0.4, 0.5) is 10.1 Å². The lowest BCUT2D eigenvalue weighted by Crippen LogP contribution is -2.51. The number of carbonyl (C=O) groups is 2. The molecule has 1 unspecified atom stereocenters. The molecule has 0 aliphatic carbocycles. The first-order valence-corrected chi connectivity index (χ1v) is 13.7. The summed E-state index contributed by atoms with van der Waals surface area (Å²) in [6.07, 6.45) is 2.64. The Morgan fingerprint density at radius 2 is 1.91 bits per heavy atom. The third-order valence-corrected chi connectivity index (χ3v) is 7.03. The number of anilines is 1. The number of rotatable bonds is 11. The van der Waals surface area contributed by atoms with Gasteiger partial charge in [-0.2, -0.15) is 0 Å². The van der Waals surface area contributed by atoms with E-state index in [1.807, 2.05) is 19.1 Å². The zero-order valence-corrected chi connectivity index (χ0v) is 22.4. The normalized spacial score (nSPS) is 12.2. The Hall–Kier alpha value is -2.17. The minimum atomic E-state index is -3.92. The first kappa shape index (κ1) is 28.1. The lowest BCUT2D eigenvalue weighted by Gasteiger charge is -2.31. The molecule has 0 bridgehead atoms. The number of nitrogens with zero attached hydrogens (tertiary/aromatic N) is 2. The number of sulfonamides is 1. The number of hydrogen-bond acceptors (Lipinski definition) is 4. The smallest absolute Gasteiger partial charge is 0.244 e. The molecule has 2 amide bonds. The van der Waals surface area contributed by atoms with Crippen molar-refractivity contribution in [3.63, 3.8) is 0 Å². The Labute approximate surface area is 213 Å². The second kappa shape index (κ2) is 12.5. The minimum Gasteiger partial charge on any atom is -0.354 e. The first-order chi connectivity index (χ1) is 15.9. The molecule has 11 heteroatoms. The van der Waals surface area contributed by atoms with Gasteiger partial charge in [0.15, 0.2) is 0 Å². The summed E-state index contributed by atoms with van der Waals surface area (Å²) in [5, 5.41) is 2.54. The summed E-state index contributed by atoms with van der Waals surface area (Å²) in [4.78, 5) is 27.5. The number of halogens is 3. The van der Waals surface area contributed by atoms with E-state index in [0.29, 0.717) is 6.54 Å². The number of carbonyl (C=O) groups excluding carboxylic acids is 2. The number of amides is 2. The van der Waals surface area contributed by atoms with E-state index in [-0.39, 0.29) is 23.2 Å². The van der Waals surface area contributed by atoms with Crippen LogP contribution in [0.3, 0.4) is 0 Å². The molecule has 2 aromatic carbocycles. The average Bonchev–Trinajstić information content (AvgIpc) is 2.76. The molecule has 0 aliphatic rings. The molecule has 0 spiro atoms. The van der Waals surface area contributed by atoms with Crippen LogP contribution in [0.1, 0.15) is 32.3 Å². The molecule has 0 fully saturated rings. The lowest BCUT2D eigenvalue weighted by atomic mass is 10.1. The molecular formula is C23H28BrClFN3O4S. The van der Waals surface area contributed by atoms with E-state index in [0.717, 1.165) is 45.6 Å². The van der Waals surface area contributed by atoms with Crippen LogP contribution < -0.4 is 9.62 Å². The summed E-state index contributed by atoms with van der Waals surface area (Å²) in [5.74, 6) is -1.64. The molecule has 0 heterocycles. The second-order valence-corrected chi connectivity index (χ2v) is 11.1. The third kappa shape index (κ3) is 7.95. The Kier molecular flexibility index (Phi) is 10.3. The molecule has 34 heavy (non-hydrogen) atoms. The van der Waals surface area contributed by atoms with E-state index in [2.05, 4.69) is 21.2 Å². The number of benzene rings is 2. The fraction of sp³-hybridized carbons (Fsp3) is 0.391. The molecule has 0 saturated heterocycles. The maximum atomic E-state index is 13.6. The standard InChI is InChI=1S/C23H28BrClFN3O4S/c1-4-5-11-27-23(31)16(2)28(14-17-7-6-8-18(24)12-17)22(30)15-29(34(3,32)33)19-9-10-21(26)20(25)13-19/h6-10,12-13,16H,4-5,11,14-15H2,1-3H3,(H,27,31). The summed E-state index contributed by atoms with van der Waals surface area (Å²) in [6, 6.07) is 9.80. The molecule has 0 aliphatic heterocycles. The van der Waals surface area contributed by atoms with Crippen molar-refractivity contribution >= 4 is 55.1 Å². The van der Waals surface area contributed by atoms with Gasteiger partial charge >= 0.3 is 0 Å². The Morgan fingerprint density at radius 3 is 2.50 bits per heavy atom. The average molecular weight is 577 g/mol. The molecule has 2 aromatic rings. The molecule has 186 valence electrons. The summed E-state index contributed by atoms with van der Waals surface area (Å²) >= 11 is 9.23. The van der Waals surface area contributed by atoms with Crippen LogP contribution in [-0.4, -0.2) is 50.5 Å². The molecule has 7 nitrogen and oxygen atoms in total. The molecule has 1 atom stereocenters. The quantitative estimate of drug-likeness (QED) is 0.403. The summed E-state index contributed by atoms with van der Waals surface area (Å²) in [5.41, 5.74) is 0.802. The van der Waals surface area contributed by atoms with Gasteiger partial charge in [0.05, 0.1) is 17.0 Å². The van der Waals surface area contributed by atoms with Crippen molar-refractivity contribution in [2.75, 3.05) is 23.7 Å². The van der Waals surface area contributed by atoms with Crippen LogP contribution >= 0.6 is 27.5 Å². The molecule has 2 rings (SSSR count). The maximum absolute atomic E-state index is 13.6. The van der Waals surface area contributed by atoms with E-state index in [4.69, 9.17) is 11.6 Å². The van der Waals surface area contributed by atoms with Crippen LogP contribution in [0.5, 0.6) is 0 Å². The van der Waals surface area contributed by atoms with Crippen LogP contribution in [0, 0.1) is 5.82 Å². The topological polar surface area (TPSA) is 86.8 Å². The van der Waals surface area contributed by atoms with Gasteiger partial charge in [-0.25, -0.2) is 12.8 Å². The van der Waals surface area contributed by atoms with Gasteiger partial charge in [0.2, 0.25) is 21.8 Å². The van der Waals surface area contributed by atoms with Crippen molar-refractivity contribution < 1.29 is 22.4 Å². The molecule has 1 N–H and O–H groups in total. The van der Waals surface area contributed by atoms with Gasteiger partial charge in [0.25, 0.3) is 0 Å². The summed E-state index contributed by atoms with van der Waals surface area (Å²) in [6.45, 7) is 3.57. The van der Waals surface area contributed by atoms with Gasteiger partial charge in [-0.1, -0.05) is 53.0 Å². The van der Waals surface area contributed by atoms with Crippen molar-refractivity contribution in [3.8, 4) is 0 Å². The van der Waals surface area contributed by atoms with Crippen molar-refractivity contribution in [1.82, 2.24) is 10.2 Å². The van der Waals surface area contributed by atoms with E-state index in [1.165, 1.54) is 11.0 Å². The number of unbranched alkanes of at least 4 members (excludes halogenated alkanes) is 1. The zero-order valence-electron chi connectivity index (χ0n) is 19.2. The van der Waals surface area contributed by atoms with E-state index >= 15 is 0 Å². The predicted molar refractivity (Wildman–Crippen MR) is 136 cm³/mol. The summed E-state index contributed by atoms with van der Waals surface area (Å²) in [7, 11) is -3.92. The van der Waals surface area contributed by atoms with Crippen LogP contribution in [0.15, 0.2) is 46.9 Å². The Balaban J connectivity index is 2.37. The first-order valence-electron chi connectivity index (χ1n) is 10.7. The fourth-order valence-corrected chi connectivity index (χ4v) is 4.67. The van der Waals surface area contributed by atoms with Gasteiger partial charge in [-0.05, 0) is 49.2 Å². The van der Waals surface area contributed by atoms with Crippen molar-refractivity contribution in [2.24, 2.45) is 0 Å². The largest absolute Gasteiger partial charge is 0.354 e. The molecule has 0 aromatic heterocycles. The molecule has 0 saturated carbocycles. The molecular weight excluding hydrogens is 549 g/mol. The van der Waals surface area contributed by atoms with Gasteiger partial charge in [0, 0.05) is 17.6 Å². The zero-order chi connectivity index (χ0) is 25.5. The Bertz CT molecular complexity index is 1130. The third-order valence-electron chi connectivity index (χ3n) is 5.11. The van der Waals surface area contributed by atoms with Gasteiger partial charge in [0.1, 0.15) is 18.4 Å². The van der Waals surface area contributed by atoms with Gasteiger partial charge in [-0.15, -0.1) is 0 Å². The second-order valence-electron chi connectivity index (χ2n) is 7.84. The fourth-order valence-electron chi connectivity index (χ4n) is 3.20. The van der Waals surface area contributed by atoms with Crippen molar-refractivity contribution in [1.29, 1.82) is 0 Å². The Morgan fingerprint density at radius 1 is 1.21 bits per heavy atom. The highest BCUT2D eigenvalue weighted by Gasteiger charge is 2.30. The van der Waals surface area contributed by atoms with Crippen LogP contribution in [0.25, 0.3) is 0 Å². The van der Waals surface area contributed by atoms with Crippen molar-refractivity contribution in [3.05, 3.63) is 63.3 Å². The lowest BCUT2D eigenvalue weighted by molar-refractivity contribution is -0.139. The SMILES string of the molecule is CCCCNC(=O)C(C)N(Cc1cccc(Br)c1)C(=O)CN(c1ccc(F)c(Cl)c1)S(C)(=O)=O.